The molecular weight excluding hydrogens is 310 g/mol. The van der Waals surface area contributed by atoms with Gasteiger partial charge in [-0.05, 0) is 32.1 Å². The van der Waals surface area contributed by atoms with Crippen LogP contribution in [0.5, 0.6) is 0 Å². The van der Waals surface area contributed by atoms with E-state index in [1.54, 1.807) is 6.08 Å². The highest BCUT2D eigenvalue weighted by Gasteiger charge is 2.11. The molecule has 0 spiro atoms. The summed E-state index contributed by atoms with van der Waals surface area (Å²) in [5.74, 6) is 0.400. The summed E-state index contributed by atoms with van der Waals surface area (Å²) in [4.78, 5) is 21.7. The highest BCUT2D eigenvalue weighted by molar-refractivity contribution is 5.79. The molecule has 146 valence electrons. The maximum absolute atomic E-state index is 11.1. The van der Waals surface area contributed by atoms with E-state index >= 15 is 0 Å². The first kappa shape index (κ1) is 28.2. The van der Waals surface area contributed by atoms with Crippen LogP contribution in [-0.2, 0) is 9.59 Å². The third-order valence-electron chi connectivity index (χ3n) is 2.94. The average Bonchev–Trinajstić information content (AvgIpc) is 2.56. The number of rotatable bonds is 9. The van der Waals surface area contributed by atoms with Gasteiger partial charge in [0.1, 0.15) is 6.29 Å². The van der Waals surface area contributed by atoms with Gasteiger partial charge in [0.2, 0.25) is 5.91 Å². The number of amides is 1. The number of hydrogen-bond donors (Lipinski definition) is 1. The molecule has 3 heteroatoms. The molecule has 0 rings (SSSR count). The Bertz CT molecular complexity index is 381. The minimum absolute atomic E-state index is 0.0275. The predicted octanol–water partition coefficient (Wildman–Crippen LogP) is 6.02. The lowest BCUT2D eigenvalue weighted by Crippen LogP contribution is -2.36. The van der Waals surface area contributed by atoms with E-state index in [4.69, 9.17) is 0 Å². The van der Waals surface area contributed by atoms with Crippen molar-refractivity contribution >= 4 is 12.2 Å². The van der Waals surface area contributed by atoms with Crippen molar-refractivity contribution in [2.24, 2.45) is 5.92 Å². The van der Waals surface area contributed by atoms with Crippen LogP contribution in [0.3, 0.4) is 0 Å². The van der Waals surface area contributed by atoms with Crippen molar-refractivity contribution in [2.45, 2.75) is 86.6 Å². The fourth-order valence-electron chi connectivity index (χ4n) is 1.77. The molecule has 0 aliphatic rings. The number of carbonyl (C=O) groups is 2. The van der Waals surface area contributed by atoms with Gasteiger partial charge in [-0.15, -0.1) is 0 Å². The van der Waals surface area contributed by atoms with Crippen LogP contribution in [0.2, 0.25) is 0 Å². The fraction of sp³-hybridized carbons (Fsp3) is 0.636. The van der Waals surface area contributed by atoms with Gasteiger partial charge in [0.25, 0.3) is 0 Å². The molecule has 0 aliphatic carbocycles. The van der Waals surface area contributed by atoms with Crippen LogP contribution >= 0.6 is 0 Å². The Labute approximate surface area is 156 Å². The Kier molecular flexibility index (Phi) is 25.2. The minimum atomic E-state index is -0.306. The third kappa shape index (κ3) is 24.7. The normalized spacial score (nSPS) is 11.8. The molecule has 0 saturated carbocycles. The third-order valence-corrected chi connectivity index (χ3v) is 2.94. The van der Waals surface area contributed by atoms with Crippen molar-refractivity contribution in [3.8, 4) is 0 Å². The van der Waals surface area contributed by atoms with Crippen molar-refractivity contribution in [1.29, 1.82) is 0 Å². The first-order chi connectivity index (χ1) is 11.9. The lowest BCUT2D eigenvalue weighted by Gasteiger charge is -2.14. The second-order valence-electron chi connectivity index (χ2n) is 6.21. The highest BCUT2D eigenvalue weighted by Crippen LogP contribution is 2.03. The Hall–Kier alpha value is -1.64. The second kappa shape index (κ2) is 22.4. The van der Waals surface area contributed by atoms with Crippen LogP contribution < -0.4 is 5.32 Å². The first-order valence-electron chi connectivity index (χ1n) is 9.55. The monoisotopic (exact) mass is 351 g/mol. The van der Waals surface area contributed by atoms with Gasteiger partial charge in [-0.2, -0.15) is 0 Å². The summed E-state index contributed by atoms with van der Waals surface area (Å²) in [6, 6.07) is -0.306. The lowest BCUT2D eigenvalue weighted by atomic mass is 10.0. The molecule has 0 aromatic heterocycles. The number of aldehydes is 1. The first-order valence-corrected chi connectivity index (χ1v) is 9.55. The Morgan fingerprint density at radius 1 is 1.16 bits per heavy atom. The summed E-state index contributed by atoms with van der Waals surface area (Å²) in [7, 11) is 0. The van der Waals surface area contributed by atoms with E-state index < -0.39 is 0 Å². The molecule has 0 bridgehead atoms. The van der Waals surface area contributed by atoms with E-state index in [0.29, 0.717) is 12.3 Å². The molecule has 1 amide bonds. The molecule has 0 radical (unpaired) electrons. The summed E-state index contributed by atoms with van der Waals surface area (Å²) in [5, 5.41) is 2.69. The lowest BCUT2D eigenvalue weighted by molar-refractivity contribution is -0.124. The Morgan fingerprint density at radius 2 is 1.72 bits per heavy atom. The predicted molar refractivity (Wildman–Crippen MR) is 112 cm³/mol. The summed E-state index contributed by atoms with van der Waals surface area (Å²) in [5.41, 5.74) is 1.36. The van der Waals surface area contributed by atoms with Crippen LogP contribution in [0, 0.1) is 5.92 Å². The molecule has 1 N–H and O–H groups in total. The molecule has 1 atom stereocenters. The number of nitrogens with one attached hydrogen (secondary N) is 1. The van der Waals surface area contributed by atoms with E-state index in [9.17, 15) is 9.59 Å². The molecule has 0 aromatic rings. The summed E-state index contributed by atoms with van der Waals surface area (Å²) >= 11 is 0. The number of allylic oxidation sites excluding steroid dienone is 5. The van der Waals surface area contributed by atoms with Crippen LogP contribution in [0.1, 0.15) is 80.6 Å². The zero-order chi connectivity index (χ0) is 20.1. The van der Waals surface area contributed by atoms with Gasteiger partial charge in [0, 0.05) is 6.42 Å². The van der Waals surface area contributed by atoms with Gasteiger partial charge in [-0.3, -0.25) is 4.79 Å². The second-order valence-corrected chi connectivity index (χ2v) is 6.21. The van der Waals surface area contributed by atoms with Crippen LogP contribution in [0.4, 0.5) is 0 Å². The van der Waals surface area contributed by atoms with Gasteiger partial charge in [-0.1, -0.05) is 84.4 Å². The smallest absolute Gasteiger partial charge is 0.220 e. The quantitative estimate of drug-likeness (QED) is 0.408. The summed E-state index contributed by atoms with van der Waals surface area (Å²) < 4.78 is 0. The highest BCUT2D eigenvalue weighted by atomic mass is 16.2. The summed E-state index contributed by atoms with van der Waals surface area (Å²) in [6.07, 6.45) is 13.1. The van der Waals surface area contributed by atoms with Crippen LogP contribution in [0.15, 0.2) is 36.5 Å². The topological polar surface area (TPSA) is 46.2 Å². The van der Waals surface area contributed by atoms with Crippen molar-refractivity contribution < 1.29 is 9.59 Å². The van der Waals surface area contributed by atoms with E-state index in [1.165, 1.54) is 12.0 Å². The van der Waals surface area contributed by atoms with E-state index in [1.807, 2.05) is 33.8 Å². The standard InChI is InChI=1S/C10H19NO2.C9H14.C3H8/c1-4-5-10(13)11-9(7-12)6-8(2)3;1-4-7-8-9(5-2)6-3;1-3-2/h7-9H,4-6H2,1-3H3,(H,11,13);4-5,7-8H,1,6H2,2-3H3;3H2,1-2H3/b;8-7-,9-5-;. The molecule has 1 unspecified atom stereocenters. The maximum Gasteiger partial charge on any atom is 0.220 e. The average molecular weight is 352 g/mol. The molecule has 0 aliphatic heterocycles. The Balaban J connectivity index is -0.000000350. The van der Waals surface area contributed by atoms with Crippen molar-refractivity contribution in [1.82, 2.24) is 5.32 Å². The van der Waals surface area contributed by atoms with E-state index in [0.717, 1.165) is 25.5 Å². The largest absolute Gasteiger partial charge is 0.347 e. The molecule has 0 aromatic carbocycles. The van der Waals surface area contributed by atoms with Crippen LogP contribution in [0.25, 0.3) is 0 Å². The maximum atomic E-state index is 11.1. The minimum Gasteiger partial charge on any atom is -0.347 e. The van der Waals surface area contributed by atoms with Gasteiger partial charge >= 0.3 is 0 Å². The molecule has 0 heterocycles. The molecule has 3 nitrogen and oxygen atoms in total. The van der Waals surface area contributed by atoms with Gasteiger partial charge in [0.05, 0.1) is 6.04 Å². The zero-order valence-electron chi connectivity index (χ0n) is 17.6. The van der Waals surface area contributed by atoms with Gasteiger partial charge in [-0.25, -0.2) is 0 Å². The van der Waals surface area contributed by atoms with Crippen molar-refractivity contribution in [2.75, 3.05) is 0 Å². The molecule has 25 heavy (non-hydrogen) atoms. The summed E-state index contributed by atoms with van der Waals surface area (Å²) in [6.45, 7) is 18.0. The number of carbonyl (C=O) groups excluding carboxylic acids is 2. The Morgan fingerprint density at radius 3 is 2.04 bits per heavy atom. The molecule has 0 fully saturated rings. The van der Waals surface area contributed by atoms with Gasteiger partial charge < -0.3 is 10.1 Å². The fourth-order valence-corrected chi connectivity index (χ4v) is 1.77. The van der Waals surface area contributed by atoms with Gasteiger partial charge in [0.15, 0.2) is 0 Å². The van der Waals surface area contributed by atoms with Crippen molar-refractivity contribution in [3.05, 3.63) is 36.5 Å². The molecule has 0 saturated heterocycles. The van der Waals surface area contributed by atoms with Crippen molar-refractivity contribution in [3.63, 3.8) is 0 Å². The van der Waals surface area contributed by atoms with E-state index in [2.05, 4.69) is 44.8 Å². The van der Waals surface area contributed by atoms with E-state index in [-0.39, 0.29) is 11.9 Å². The zero-order valence-corrected chi connectivity index (χ0v) is 17.6. The SMILES string of the molecule is C=C/C=C\C(=C/C)CC.CCC.CCCC(=O)NC(C=O)CC(C)C. The van der Waals surface area contributed by atoms with Crippen LogP contribution in [-0.4, -0.2) is 18.2 Å². The number of hydrogen-bond acceptors (Lipinski definition) is 2. The molecular formula is C22H41NO2.